The molecule has 0 aliphatic carbocycles. The first-order chi connectivity index (χ1) is 11.0. The minimum Gasteiger partial charge on any atom is -0.370 e. The van der Waals surface area contributed by atoms with Crippen molar-refractivity contribution in [1.82, 2.24) is 9.88 Å². The van der Waals surface area contributed by atoms with Crippen LogP contribution in [-0.4, -0.2) is 54.8 Å². The molecule has 1 atom stereocenters. The van der Waals surface area contributed by atoms with Crippen molar-refractivity contribution in [1.29, 1.82) is 0 Å². The Kier molecular flexibility index (Phi) is 5.98. The van der Waals surface area contributed by atoms with E-state index >= 15 is 0 Å². The Labute approximate surface area is 138 Å². The highest BCUT2D eigenvalue weighted by Crippen LogP contribution is 2.20. The molecular weight excluding hydrogens is 314 g/mol. The number of pyridine rings is 1. The molecule has 1 unspecified atom stereocenters. The van der Waals surface area contributed by atoms with Gasteiger partial charge in [-0.15, -0.1) is 0 Å². The van der Waals surface area contributed by atoms with Crippen molar-refractivity contribution < 1.29 is 13.2 Å². The summed E-state index contributed by atoms with van der Waals surface area (Å²) in [6.45, 7) is 5.31. The Morgan fingerprint density at radius 1 is 1.43 bits per heavy atom. The summed E-state index contributed by atoms with van der Waals surface area (Å²) < 4.78 is 23.3. The van der Waals surface area contributed by atoms with Crippen LogP contribution in [0.3, 0.4) is 0 Å². The molecule has 6 nitrogen and oxygen atoms in total. The highest BCUT2D eigenvalue weighted by atomic mass is 32.2. The monoisotopic (exact) mass is 339 g/mol. The molecule has 1 N–H and O–H groups in total. The number of amides is 1. The third kappa shape index (κ3) is 4.67. The molecule has 2 rings (SSSR count). The van der Waals surface area contributed by atoms with Crippen LogP contribution in [0.4, 0.5) is 5.82 Å². The number of carbonyl (C=O) groups excluding carboxylic acids is 1. The summed E-state index contributed by atoms with van der Waals surface area (Å²) in [6, 6.07) is 3.20. The Morgan fingerprint density at radius 3 is 2.83 bits per heavy atom. The van der Waals surface area contributed by atoms with Gasteiger partial charge in [0, 0.05) is 30.9 Å². The number of hydrogen-bond donors (Lipinski definition) is 1. The van der Waals surface area contributed by atoms with Gasteiger partial charge < -0.3 is 10.2 Å². The number of nitrogens with one attached hydrogen (secondary N) is 1. The summed E-state index contributed by atoms with van der Waals surface area (Å²) in [5, 5.41) is 3.20. The van der Waals surface area contributed by atoms with E-state index in [-0.39, 0.29) is 23.5 Å². The van der Waals surface area contributed by atoms with Gasteiger partial charge in [0.2, 0.25) is 0 Å². The Morgan fingerprint density at radius 2 is 2.22 bits per heavy atom. The molecule has 0 bridgehead atoms. The van der Waals surface area contributed by atoms with Crippen molar-refractivity contribution in [2.45, 2.75) is 39.2 Å². The van der Waals surface area contributed by atoms with Crippen LogP contribution in [-0.2, 0) is 9.84 Å². The van der Waals surface area contributed by atoms with Gasteiger partial charge in [-0.05, 0) is 31.9 Å². The number of sulfone groups is 1. The van der Waals surface area contributed by atoms with Crippen LogP contribution in [0.25, 0.3) is 0 Å². The average molecular weight is 339 g/mol. The quantitative estimate of drug-likeness (QED) is 0.768. The maximum Gasteiger partial charge on any atom is 0.254 e. The van der Waals surface area contributed by atoms with E-state index in [4.69, 9.17) is 0 Å². The van der Waals surface area contributed by atoms with Crippen LogP contribution < -0.4 is 5.32 Å². The zero-order valence-electron chi connectivity index (χ0n) is 13.8. The Balaban J connectivity index is 2.10. The molecule has 1 aliphatic rings. The third-order valence-electron chi connectivity index (χ3n) is 4.09. The van der Waals surface area contributed by atoms with Crippen LogP contribution in [0.1, 0.15) is 43.5 Å². The average Bonchev–Trinajstić information content (AvgIpc) is 2.88. The van der Waals surface area contributed by atoms with E-state index in [1.165, 1.54) is 0 Å². The molecule has 0 spiro atoms. The number of nitrogens with zero attached hydrogens (tertiary/aromatic N) is 2. The van der Waals surface area contributed by atoms with Crippen molar-refractivity contribution in [2.75, 3.05) is 29.9 Å². The minimum atomic E-state index is -3.01. The maximum atomic E-state index is 12.7. The van der Waals surface area contributed by atoms with Crippen molar-refractivity contribution >= 4 is 21.6 Å². The molecule has 0 saturated carbocycles. The molecule has 0 aromatic carbocycles. The number of unbranched alkanes of at least 4 members (excludes halogenated alkanes) is 1. The maximum absolute atomic E-state index is 12.7. The molecule has 2 heterocycles. The standard InChI is InChI=1S/C16H25N3O3S/c1-3-5-8-17-15-11-13(6-9-18-15)16(20)19(4-2)14-7-10-23(21,22)12-14/h6,9,11,14H,3-5,7-8,10,12H2,1-2H3,(H,17,18). The first-order valence-electron chi connectivity index (χ1n) is 8.18. The lowest BCUT2D eigenvalue weighted by Gasteiger charge is -2.27. The van der Waals surface area contributed by atoms with Gasteiger partial charge in [0.05, 0.1) is 11.5 Å². The molecule has 7 heteroatoms. The second-order valence-electron chi connectivity index (χ2n) is 5.86. The lowest BCUT2D eigenvalue weighted by molar-refractivity contribution is 0.0708. The fourth-order valence-electron chi connectivity index (χ4n) is 2.81. The zero-order valence-corrected chi connectivity index (χ0v) is 14.6. The topological polar surface area (TPSA) is 79.4 Å². The summed E-state index contributed by atoms with van der Waals surface area (Å²) in [4.78, 5) is 18.6. The van der Waals surface area contributed by atoms with E-state index < -0.39 is 9.84 Å². The fourth-order valence-corrected chi connectivity index (χ4v) is 4.54. The second kappa shape index (κ2) is 7.77. The molecule has 23 heavy (non-hydrogen) atoms. The van der Waals surface area contributed by atoms with E-state index in [1.807, 2.05) is 6.92 Å². The van der Waals surface area contributed by atoms with Crippen LogP contribution in [0, 0.1) is 0 Å². The smallest absolute Gasteiger partial charge is 0.254 e. The summed E-state index contributed by atoms with van der Waals surface area (Å²) in [7, 11) is -3.01. The molecule has 1 aromatic heterocycles. The lowest BCUT2D eigenvalue weighted by Crippen LogP contribution is -2.41. The Hall–Kier alpha value is -1.63. The van der Waals surface area contributed by atoms with Gasteiger partial charge in [-0.25, -0.2) is 13.4 Å². The molecule has 1 saturated heterocycles. The SMILES string of the molecule is CCCCNc1cc(C(=O)N(CC)C2CCS(=O)(=O)C2)ccn1. The van der Waals surface area contributed by atoms with Gasteiger partial charge in [0.25, 0.3) is 5.91 Å². The number of aromatic nitrogens is 1. The zero-order chi connectivity index (χ0) is 16.9. The van der Waals surface area contributed by atoms with Gasteiger partial charge in [0.15, 0.2) is 9.84 Å². The number of rotatable bonds is 7. The van der Waals surface area contributed by atoms with E-state index in [0.717, 1.165) is 19.4 Å². The van der Waals surface area contributed by atoms with Crippen molar-refractivity contribution in [3.63, 3.8) is 0 Å². The van der Waals surface area contributed by atoms with Gasteiger partial charge in [-0.3, -0.25) is 4.79 Å². The summed E-state index contributed by atoms with van der Waals surface area (Å²) >= 11 is 0. The van der Waals surface area contributed by atoms with Gasteiger partial charge in [-0.2, -0.15) is 0 Å². The van der Waals surface area contributed by atoms with Gasteiger partial charge in [0.1, 0.15) is 5.82 Å². The van der Waals surface area contributed by atoms with E-state index in [1.54, 1.807) is 23.2 Å². The predicted octanol–water partition coefficient (Wildman–Crippen LogP) is 1.94. The number of anilines is 1. The molecule has 1 aliphatic heterocycles. The normalized spacial score (nSPS) is 19.5. The third-order valence-corrected chi connectivity index (χ3v) is 5.84. The van der Waals surface area contributed by atoms with Crippen molar-refractivity contribution in [3.8, 4) is 0 Å². The summed E-state index contributed by atoms with van der Waals surface area (Å²) in [5.74, 6) is 0.788. The molecule has 1 amide bonds. The largest absolute Gasteiger partial charge is 0.370 e. The second-order valence-corrected chi connectivity index (χ2v) is 8.09. The fraction of sp³-hybridized carbons (Fsp3) is 0.625. The minimum absolute atomic E-state index is 0.0687. The van der Waals surface area contributed by atoms with E-state index in [2.05, 4.69) is 17.2 Å². The predicted molar refractivity (Wildman–Crippen MR) is 91.4 cm³/mol. The molecule has 1 aromatic rings. The molecule has 1 fully saturated rings. The van der Waals surface area contributed by atoms with Gasteiger partial charge >= 0.3 is 0 Å². The van der Waals surface area contributed by atoms with Crippen molar-refractivity contribution in [3.05, 3.63) is 23.9 Å². The van der Waals surface area contributed by atoms with Crippen LogP contribution in [0.15, 0.2) is 18.3 Å². The van der Waals surface area contributed by atoms with Gasteiger partial charge in [-0.1, -0.05) is 13.3 Å². The van der Waals surface area contributed by atoms with Crippen LogP contribution in [0.2, 0.25) is 0 Å². The first-order valence-corrected chi connectivity index (χ1v) is 10.00. The lowest BCUT2D eigenvalue weighted by atomic mass is 10.1. The molecular formula is C16H25N3O3S. The first kappa shape index (κ1) is 17.7. The number of hydrogen-bond acceptors (Lipinski definition) is 5. The van der Waals surface area contributed by atoms with E-state index in [9.17, 15) is 13.2 Å². The summed E-state index contributed by atoms with van der Waals surface area (Å²) in [6.07, 6.45) is 4.27. The molecule has 0 radical (unpaired) electrons. The highest BCUT2D eigenvalue weighted by molar-refractivity contribution is 7.91. The summed E-state index contributed by atoms with van der Waals surface area (Å²) in [5.41, 5.74) is 0.546. The van der Waals surface area contributed by atoms with Crippen LogP contribution >= 0.6 is 0 Å². The highest BCUT2D eigenvalue weighted by Gasteiger charge is 2.34. The molecule has 128 valence electrons. The number of carbonyl (C=O) groups is 1. The van der Waals surface area contributed by atoms with E-state index in [0.29, 0.717) is 24.3 Å². The van der Waals surface area contributed by atoms with Crippen LogP contribution in [0.5, 0.6) is 0 Å². The van der Waals surface area contributed by atoms with Crippen molar-refractivity contribution in [2.24, 2.45) is 0 Å². The Bertz CT molecular complexity index is 646.